The normalized spacial score (nSPS) is 10.3. The summed E-state index contributed by atoms with van der Waals surface area (Å²) in [4.78, 5) is 4.36. The summed E-state index contributed by atoms with van der Waals surface area (Å²) in [6, 6.07) is 5.90. The number of hydrogen-bond donors (Lipinski definition) is 2. The summed E-state index contributed by atoms with van der Waals surface area (Å²) >= 11 is 1.37. The SMILES string of the molecule is CCc1cccnc1CNc1cc(N)ns1. The summed E-state index contributed by atoms with van der Waals surface area (Å²) in [5, 5.41) is 4.25. The van der Waals surface area contributed by atoms with Crippen molar-refractivity contribution in [2.45, 2.75) is 19.9 Å². The second-order valence-corrected chi connectivity index (χ2v) is 4.24. The van der Waals surface area contributed by atoms with E-state index in [2.05, 4.69) is 27.7 Å². The lowest BCUT2D eigenvalue weighted by molar-refractivity contribution is 0.974. The number of hydrogen-bond acceptors (Lipinski definition) is 5. The molecule has 0 aliphatic carbocycles. The van der Waals surface area contributed by atoms with Crippen molar-refractivity contribution in [3.05, 3.63) is 35.7 Å². The molecule has 4 nitrogen and oxygen atoms in total. The fourth-order valence-electron chi connectivity index (χ4n) is 1.50. The Balaban J connectivity index is 2.04. The van der Waals surface area contributed by atoms with Crippen molar-refractivity contribution in [3.8, 4) is 0 Å². The van der Waals surface area contributed by atoms with Crippen molar-refractivity contribution in [1.82, 2.24) is 9.36 Å². The molecule has 0 aromatic carbocycles. The predicted molar refractivity (Wildman–Crippen MR) is 67.5 cm³/mol. The number of rotatable bonds is 4. The van der Waals surface area contributed by atoms with E-state index in [1.54, 1.807) is 0 Å². The molecule has 0 radical (unpaired) electrons. The highest BCUT2D eigenvalue weighted by Crippen LogP contribution is 2.18. The summed E-state index contributed by atoms with van der Waals surface area (Å²) < 4.78 is 4.01. The van der Waals surface area contributed by atoms with E-state index in [0.717, 1.165) is 17.1 Å². The highest BCUT2D eigenvalue weighted by atomic mass is 32.1. The first-order valence-corrected chi connectivity index (χ1v) is 5.95. The number of anilines is 2. The first-order chi connectivity index (χ1) is 7.79. The lowest BCUT2D eigenvalue weighted by atomic mass is 10.1. The quantitative estimate of drug-likeness (QED) is 0.852. The molecule has 3 N–H and O–H groups in total. The Hall–Kier alpha value is -1.62. The average molecular weight is 234 g/mol. The van der Waals surface area contributed by atoms with Crippen LogP contribution in [0.4, 0.5) is 10.8 Å². The van der Waals surface area contributed by atoms with Crippen molar-refractivity contribution < 1.29 is 0 Å². The third-order valence-electron chi connectivity index (χ3n) is 2.32. The van der Waals surface area contributed by atoms with Crippen LogP contribution < -0.4 is 11.1 Å². The van der Waals surface area contributed by atoms with Gasteiger partial charge in [0.2, 0.25) is 0 Å². The third-order valence-corrected chi connectivity index (χ3v) is 3.08. The van der Waals surface area contributed by atoms with Crippen LogP contribution in [0, 0.1) is 0 Å². The number of pyridine rings is 1. The predicted octanol–water partition coefficient (Wildman–Crippen LogP) is 2.29. The van der Waals surface area contributed by atoms with E-state index in [4.69, 9.17) is 5.73 Å². The molecule has 0 spiro atoms. The molecule has 5 heteroatoms. The van der Waals surface area contributed by atoms with Crippen LogP contribution >= 0.6 is 11.5 Å². The molecule has 0 amide bonds. The number of aromatic nitrogens is 2. The Morgan fingerprint density at radius 2 is 2.38 bits per heavy atom. The zero-order valence-corrected chi connectivity index (χ0v) is 9.92. The summed E-state index contributed by atoms with van der Waals surface area (Å²) in [7, 11) is 0. The maximum Gasteiger partial charge on any atom is 0.139 e. The van der Waals surface area contributed by atoms with Crippen LogP contribution in [-0.4, -0.2) is 9.36 Å². The summed E-state index contributed by atoms with van der Waals surface area (Å²) in [5.74, 6) is 0.559. The lowest BCUT2D eigenvalue weighted by Crippen LogP contribution is -2.03. The Bertz CT molecular complexity index is 467. The van der Waals surface area contributed by atoms with Crippen LogP contribution in [0.15, 0.2) is 24.4 Å². The fraction of sp³-hybridized carbons (Fsp3) is 0.273. The van der Waals surface area contributed by atoms with Gasteiger partial charge in [0.15, 0.2) is 0 Å². The molecule has 0 atom stereocenters. The lowest BCUT2D eigenvalue weighted by Gasteiger charge is -2.06. The van der Waals surface area contributed by atoms with Crippen molar-refractivity contribution in [2.24, 2.45) is 0 Å². The Morgan fingerprint density at radius 3 is 3.06 bits per heavy atom. The van der Waals surface area contributed by atoms with E-state index in [0.29, 0.717) is 12.4 Å². The molecule has 2 heterocycles. The van der Waals surface area contributed by atoms with E-state index in [1.165, 1.54) is 17.1 Å². The van der Waals surface area contributed by atoms with Crippen LogP contribution in [0.2, 0.25) is 0 Å². The van der Waals surface area contributed by atoms with Gasteiger partial charge in [0.1, 0.15) is 10.8 Å². The zero-order valence-electron chi connectivity index (χ0n) is 9.10. The molecule has 0 bridgehead atoms. The van der Waals surface area contributed by atoms with E-state index in [1.807, 2.05) is 18.3 Å². The second-order valence-electron chi connectivity index (χ2n) is 3.43. The van der Waals surface area contributed by atoms with Gasteiger partial charge in [0.05, 0.1) is 12.2 Å². The molecular formula is C11H14N4S. The minimum Gasteiger partial charge on any atom is -0.383 e. The first kappa shape index (κ1) is 10.9. The Kier molecular flexibility index (Phi) is 3.36. The highest BCUT2D eigenvalue weighted by molar-refractivity contribution is 7.10. The summed E-state index contributed by atoms with van der Waals surface area (Å²) in [5.41, 5.74) is 7.90. The average Bonchev–Trinajstić information content (AvgIpc) is 2.73. The standard InChI is InChI=1S/C11H14N4S/c1-2-8-4-3-5-13-9(8)7-14-11-6-10(12)15-16-11/h3-6,14H,2,7H2,1H3,(H2,12,15). The molecule has 0 unspecified atom stereocenters. The highest BCUT2D eigenvalue weighted by Gasteiger charge is 2.02. The molecule has 2 aromatic heterocycles. The monoisotopic (exact) mass is 234 g/mol. The van der Waals surface area contributed by atoms with Gasteiger partial charge in [-0.25, -0.2) is 0 Å². The van der Waals surface area contributed by atoms with Gasteiger partial charge in [0.25, 0.3) is 0 Å². The van der Waals surface area contributed by atoms with Crippen LogP contribution in [-0.2, 0) is 13.0 Å². The topological polar surface area (TPSA) is 63.8 Å². The maximum atomic E-state index is 5.55. The molecule has 0 fully saturated rings. The number of nitrogens with two attached hydrogens (primary N) is 1. The Labute approximate surface area is 98.7 Å². The molecule has 0 aliphatic rings. The van der Waals surface area contributed by atoms with Gasteiger partial charge in [-0.3, -0.25) is 4.98 Å². The zero-order chi connectivity index (χ0) is 11.4. The molecule has 2 aromatic rings. The van der Waals surface area contributed by atoms with Gasteiger partial charge in [0, 0.05) is 12.3 Å². The van der Waals surface area contributed by atoms with Crippen molar-refractivity contribution in [1.29, 1.82) is 0 Å². The molecule has 0 saturated heterocycles. The van der Waals surface area contributed by atoms with Crippen molar-refractivity contribution >= 4 is 22.4 Å². The van der Waals surface area contributed by atoms with Crippen molar-refractivity contribution in [3.63, 3.8) is 0 Å². The molecule has 0 aliphatic heterocycles. The van der Waals surface area contributed by atoms with Crippen LogP contribution in [0.5, 0.6) is 0 Å². The molecule has 0 saturated carbocycles. The first-order valence-electron chi connectivity index (χ1n) is 5.18. The molecule has 2 rings (SSSR count). The minimum atomic E-state index is 0.559. The second kappa shape index (κ2) is 4.94. The van der Waals surface area contributed by atoms with Crippen LogP contribution in [0.3, 0.4) is 0 Å². The van der Waals surface area contributed by atoms with E-state index < -0.39 is 0 Å². The maximum absolute atomic E-state index is 5.55. The van der Waals surface area contributed by atoms with Gasteiger partial charge in [-0.05, 0) is 29.6 Å². The molecule has 84 valence electrons. The molecule has 16 heavy (non-hydrogen) atoms. The number of nitrogens with zero attached hydrogens (tertiary/aromatic N) is 2. The molecular weight excluding hydrogens is 220 g/mol. The van der Waals surface area contributed by atoms with Crippen LogP contribution in [0.25, 0.3) is 0 Å². The van der Waals surface area contributed by atoms with Gasteiger partial charge in [-0.2, -0.15) is 4.37 Å². The minimum absolute atomic E-state index is 0.559. The summed E-state index contributed by atoms with van der Waals surface area (Å²) in [6.45, 7) is 2.84. The van der Waals surface area contributed by atoms with E-state index in [-0.39, 0.29) is 0 Å². The third kappa shape index (κ3) is 2.49. The van der Waals surface area contributed by atoms with Gasteiger partial charge in [-0.15, -0.1) is 0 Å². The van der Waals surface area contributed by atoms with Crippen molar-refractivity contribution in [2.75, 3.05) is 11.1 Å². The van der Waals surface area contributed by atoms with Gasteiger partial charge >= 0.3 is 0 Å². The van der Waals surface area contributed by atoms with Gasteiger partial charge in [-0.1, -0.05) is 13.0 Å². The number of nitrogen functional groups attached to an aromatic ring is 1. The van der Waals surface area contributed by atoms with Crippen LogP contribution in [0.1, 0.15) is 18.2 Å². The van der Waals surface area contributed by atoms with Gasteiger partial charge < -0.3 is 11.1 Å². The van der Waals surface area contributed by atoms with E-state index >= 15 is 0 Å². The number of nitrogens with one attached hydrogen (secondary N) is 1. The largest absolute Gasteiger partial charge is 0.383 e. The van der Waals surface area contributed by atoms with E-state index in [9.17, 15) is 0 Å². The fourth-order valence-corrected chi connectivity index (χ4v) is 2.06. The number of aryl methyl sites for hydroxylation is 1. The summed E-state index contributed by atoms with van der Waals surface area (Å²) in [6.07, 6.45) is 2.81. The smallest absolute Gasteiger partial charge is 0.139 e. The Morgan fingerprint density at radius 1 is 1.50 bits per heavy atom.